The molecule has 0 saturated carbocycles. The zero-order chi connectivity index (χ0) is 16.3. The van der Waals surface area contributed by atoms with Crippen LogP contribution in [-0.2, 0) is 0 Å². The molecule has 0 fully saturated rings. The molecule has 2 rings (SSSR count). The highest BCUT2D eigenvalue weighted by Crippen LogP contribution is 2.28. The van der Waals surface area contributed by atoms with Gasteiger partial charge in [-0.1, -0.05) is 23.2 Å². The average molecular weight is 345 g/mol. The number of nitro groups is 1. The quantitative estimate of drug-likeness (QED) is 0.648. The highest BCUT2D eigenvalue weighted by atomic mass is 35.5. The van der Waals surface area contributed by atoms with Crippen LogP contribution in [0, 0.1) is 15.9 Å². The van der Waals surface area contributed by atoms with Crippen LogP contribution in [0.25, 0.3) is 0 Å². The first-order chi connectivity index (χ1) is 10.4. The number of nitro benzene ring substituents is 1. The first-order valence-electron chi connectivity index (χ1n) is 5.74. The fourth-order valence-electron chi connectivity index (χ4n) is 1.52. The Morgan fingerprint density at radius 2 is 1.91 bits per heavy atom. The van der Waals surface area contributed by atoms with Gasteiger partial charge >= 0.3 is 6.09 Å². The van der Waals surface area contributed by atoms with E-state index in [4.69, 9.17) is 27.9 Å². The van der Waals surface area contributed by atoms with Gasteiger partial charge in [-0.05, 0) is 24.3 Å². The monoisotopic (exact) mass is 344 g/mol. The van der Waals surface area contributed by atoms with Crippen molar-refractivity contribution in [2.75, 3.05) is 5.32 Å². The number of ether oxygens (including phenoxy) is 1. The second-order valence-electron chi connectivity index (χ2n) is 4.01. The predicted octanol–water partition coefficient (Wildman–Crippen LogP) is 4.65. The van der Waals surface area contributed by atoms with E-state index in [-0.39, 0.29) is 27.2 Å². The lowest BCUT2D eigenvalue weighted by Gasteiger charge is -2.09. The van der Waals surface area contributed by atoms with Gasteiger partial charge in [0.15, 0.2) is 5.75 Å². The number of rotatable bonds is 3. The van der Waals surface area contributed by atoms with Gasteiger partial charge < -0.3 is 4.74 Å². The van der Waals surface area contributed by atoms with Crippen LogP contribution in [0.4, 0.5) is 20.6 Å². The zero-order valence-corrected chi connectivity index (χ0v) is 12.2. The Bertz CT molecular complexity index is 755. The summed E-state index contributed by atoms with van der Waals surface area (Å²) in [6.45, 7) is 0. The van der Waals surface area contributed by atoms with Crippen molar-refractivity contribution in [1.82, 2.24) is 0 Å². The van der Waals surface area contributed by atoms with Crippen LogP contribution in [0.5, 0.6) is 5.75 Å². The molecule has 0 spiro atoms. The van der Waals surface area contributed by atoms with Gasteiger partial charge in [-0.3, -0.25) is 15.4 Å². The third-order valence-corrected chi connectivity index (χ3v) is 3.12. The van der Waals surface area contributed by atoms with Crippen LogP contribution in [0.1, 0.15) is 0 Å². The van der Waals surface area contributed by atoms with Crippen LogP contribution in [0.15, 0.2) is 36.4 Å². The van der Waals surface area contributed by atoms with E-state index in [1.807, 2.05) is 0 Å². The number of nitrogens with one attached hydrogen (secondary N) is 1. The number of hydrogen-bond acceptors (Lipinski definition) is 4. The third-order valence-electron chi connectivity index (χ3n) is 2.49. The molecule has 0 heterocycles. The van der Waals surface area contributed by atoms with Gasteiger partial charge in [0.2, 0.25) is 0 Å². The third kappa shape index (κ3) is 3.84. The molecule has 0 aliphatic heterocycles. The number of non-ortho nitro benzene ring substituents is 1. The molecule has 114 valence electrons. The number of carbonyl (C=O) groups is 1. The van der Waals surface area contributed by atoms with Crippen molar-refractivity contribution < 1.29 is 18.8 Å². The first-order valence-corrected chi connectivity index (χ1v) is 6.50. The molecule has 0 aliphatic carbocycles. The predicted molar refractivity (Wildman–Crippen MR) is 79.2 cm³/mol. The summed E-state index contributed by atoms with van der Waals surface area (Å²) in [6, 6.07) is 6.75. The summed E-state index contributed by atoms with van der Waals surface area (Å²) in [5.41, 5.74) is -0.251. The fraction of sp³-hybridized carbons (Fsp3) is 0. The molecule has 0 radical (unpaired) electrons. The van der Waals surface area contributed by atoms with E-state index in [0.717, 1.165) is 18.2 Å². The van der Waals surface area contributed by atoms with Crippen molar-refractivity contribution in [3.05, 3.63) is 62.4 Å². The molecular formula is C13H7Cl2FN2O4. The normalized spacial score (nSPS) is 10.1. The minimum absolute atomic E-state index is 0.000833. The maximum atomic E-state index is 12.9. The molecule has 22 heavy (non-hydrogen) atoms. The summed E-state index contributed by atoms with van der Waals surface area (Å²) >= 11 is 11.5. The van der Waals surface area contributed by atoms with E-state index >= 15 is 0 Å². The SMILES string of the molecule is O=C(Nc1cc([N+](=O)[O-])ccc1Cl)Oc1ccc(F)cc1Cl. The van der Waals surface area contributed by atoms with Crippen molar-refractivity contribution in [3.63, 3.8) is 0 Å². The standard InChI is InChI=1S/C13H7Cl2FN2O4/c14-9-3-2-8(18(20)21)6-11(9)17-13(19)22-12-4-1-7(16)5-10(12)15/h1-6H,(H,17,19). The van der Waals surface area contributed by atoms with Crippen molar-refractivity contribution in [3.8, 4) is 5.75 Å². The van der Waals surface area contributed by atoms with E-state index in [9.17, 15) is 19.3 Å². The van der Waals surface area contributed by atoms with Gasteiger partial charge in [-0.2, -0.15) is 0 Å². The summed E-state index contributed by atoms with van der Waals surface area (Å²) < 4.78 is 17.8. The number of nitrogens with zero attached hydrogens (tertiary/aromatic N) is 1. The molecule has 0 atom stereocenters. The largest absolute Gasteiger partial charge is 0.417 e. The highest BCUT2D eigenvalue weighted by molar-refractivity contribution is 6.34. The number of carbonyl (C=O) groups excluding carboxylic acids is 1. The topological polar surface area (TPSA) is 81.5 Å². The molecule has 1 amide bonds. The van der Waals surface area contributed by atoms with Gasteiger partial charge in [0.25, 0.3) is 5.69 Å². The molecule has 6 nitrogen and oxygen atoms in total. The number of halogens is 3. The average Bonchev–Trinajstić information content (AvgIpc) is 2.44. The summed E-state index contributed by atoms with van der Waals surface area (Å²) in [4.78, 5) is 21.8. The highest BCUT2D eigenvalue weighted by Gasteiger charge is 2.14. The van der Waals surface area contributed by atoms with E-state index in [2.05, 4.69) is 5.32 Å². The van der Waals surface area contributed by atoms with Crippen LogP contribution < -0.4 is 10.1 Å². The van der Waals surface area contributed by atoms with Crippen molar-refractivity contribution in [1.29, 1.82) is 0 Å². The number of hydrogen-bond donors (Lipinski definition) is 1. The summed E-state index contributed by atoms with van der Waals surface area (Å²) in [7, 11) is 0. The summed E-state index contributed by atoms with van der Waals surface area (Å²) in [6.07, 6.45) is -0.976. The number of anilines is 1. The molecule has 2 aromatic rings. The molecule has 0 unspecified atom stereocenters. The molecule has 0 aromatic heterocycles. The fourth-order valence-corrected chi connectivity index (χ4v) is 1.89. The second kappa shape index (κ2) is 6.59. The molecule has 0 aliphatic rings. The zero-order valence-electron chi connectivity index (χ0n) is 10.7. The molecule has 2 aromatic carbocycles. The molecule has 0 bridgehead atoms. The Balaban J connectivity index is 2.15. The Morgan fingerprint density at radius 3 is 2.55 bits per heavy atom. The van der Waals surface area contributed by atoms with Gasteiger partial charge in [0.05, 0.1) is 20.7 Å². The van der Waals surface area contributed by atoms with Crippen LogP contribution in [0.3, 0.4) is 0 Å². The van der Waals surface area contributed by atoms with Crippen LogP contribution in [0.2, 0.25) is 10.0 Å². The lowest BCUT2D eigenvalue weighted by molar-refractivity contribution is -0.384. The van der Waals surface area contributed by atoms with Crippen molar-refractivity contribution in [2.24, 2.45) is 0 Å². The molecule has 9 heteroatoms. The Kier molecular flexibility index (Phi) is 4.79. The maximum absolute atomic E-state index is 12.9. The first kappa shape index (κ1) is 16.0. The minimum Gasteiger partial charge on any atom is -0.408 e. The molecule has 0 saturated heterocycles. The van der Waals surface area contributed by atoms with E-state index in [1.165, 1.54) is 18.2 Å². The summed E-state index contributed by atoms with van der Waals surface area (Å²) in [5.74, 6) is -0.651. The van der Waals surface area contributed by atoms with E-state index in [0.29, 0.717) is 0 Å². The van der Waals surface area contributed by atoms with Gasteiger partial charge in [0.1, 0.15) is 5.82 Å². The Labute approximate surface area is 133 Å². The molecule has 1 N–H and O–H groups in total. The van der Waals surface area contributed by atoms with Gasteiger partial charge in [-0.15, -0.1) is 0 Å². The van der Waals surface area contributed by atoms with E-state index in [1.54, 1.807) is 0 Å². The van der Waals surface area contributed by atoms with Crippen molar-refractivity contribution >= 4 is 40.7 Å². The minimum atomic E-state index is -0.976. The number of benzene rings is 2. The summed E-state index contributed by atoms with van der Waals surface area (Å²) in [5, 5.41) is 12.9. The van der Waals surface area contributed by atoms with Crippen LogP contribution >= 0.6 is 23.2 Å². The lowest BCUT2D eigenvalue weighted by atomic mass is 10.3. The van der Waals surface area contributed by atoms with Gasteiger partial charge in [-0.25, -0.2) is 9.18 Å². The number of amides is 1. The smallest absolute Gasteiger partial charge is 0.408 e. The van der Waals surface area contributed by atoms with E-state index < -0.39 is 16.8 Å². The maximum Gasteiger partial charge on any atom is 0.417 e. The Hall–Kier alpha value is -2.38. The lowest BCUT2D eigenvalue weighted by Crippen LogP contribution is -2.17. The van der Waals surface area contributed by atoms with Crippen molar-refractivity contribution in [2.45, 2.75) is 0 Å². The Morgan fingerprint density at radius 1 is 1.18 bits per heavy atom. The second-order valence-corrected chi connectivity index (χ2v) is 4.82. The van der Waals surface area contributed by atoms with Gasteiger partial charge in [0, 0.05) is 12.1 Å². The molecular weight excluding hydrogens is 338 g/mol. The van der Waals surface area contributed by atoms with Crippen LogP contribution in [-0.4, -0.2) is 11.0 Å².